The highest BCUT2D eigenvalue weighted by atomic mass is 15.1. The molecule has 0 aliphatic carbocycles. The molecule has 4 rings (SSSR count). The molecule has 0 fully saturated rings. The number of rotatable bonds is 3. The molecular formula is C26H26N2. The molecule has 0 atom stereocenters. The van der Waals surface area contributed by atoms with Crippen molar-refractivity contribution in [3.05, 3.63) is 113 Å². The number of benzene rings is 3. The first-order valence-corrected chi connectivity index (χ1v) is 9.77. The first-order valence-electron chi connectivity index (χ1n) is 9.77. The van der Waals surface area contributed by atoms with E-state index in [4.69, 9.17) is 0 Å². The van der Waals surface area contributed by atoms with Gasteiger partial charge in [0.2, 0.25) is 5.84 Å². The van der Waals surface area contributed by atoms with Gasteiger partial charge in [0.1, 0.15) is 0 Å². The van der Waals surface area contributed by atoms with Crippen LogP contribution in [0.2, 0.25) is 0 Å². The Balaban J connectivity index is 1.93. The fourth-order valence-electron chi connectivity index (χ4n) is 3.96. The normalized spacial score (nSPS) is 14.1. The maximum absolute atomic E-state index is 3.49. The Labute approximate surface area is 167 Å². The van der Waals surface area contributed by atoms with Crippen LogP contribution in [0.1, 0.15) is 28.7 Å². The largest absolute Gasteiger partial charge is 0.307 e. The van der Waals surface area contributed by atoms with Crippen LogP contribution in [0.4, 0.5) is 5.69 Å². The zero-order valence-corrected chi connectivity index (χ0v) is 16.7. The zero-order valence-electron chi connectivity index (χ0n) is 16.7. The Kier molecular flexibility index (Phi) is 5.03. The summed E-state index contributed by atoms with van der Waals surface area (Å²) in [5.41, 5.74) is 7.62. The monoisotopic (exact) mass is 366 g/mol. The van der Waals surface area contributed by atoms with Gasteiger partial charge in [-0.2, -0.15) is 0 Å². The number of hydrogen-bond donors (Lipinski definition) is 1. The van der Waals surface area contributed by atoms with E-state index in [1.807, 2.05) is 7.05 Å². The summed E-state index contributed by atoms with van der Waals surface area (Å²) < 4.78 is 2.40. The molecule has 1 aliphatic rings. The third-order valence-electron chi connectivity index (χ3n) is 5.35. The lowest BCUT2D eigenvalue weighted by molar-refractivity contribution is -0.415. The molecule has 3 aromatic carbocycles. The van der Waals surface area contributed by atoms with Crippen molar-refractivity contribution < 1.29 is 4.58 Å². The molecule has 0 aromatic heterocycles. The number of nitrogens with zero attached hydrogens (tertiary/aromatic N) is 1. The van der Waals surface area contributed by atoms with Crippen molar-refractivity contribution in [1.82, 2.24) is 5.32 Å². The topological polar surface area (TPSA) is 15.0 Å². The van der Waals surface area contributed by atoms with Gasteiger partial charge in [0.15, 0.2) is 0 Å². The number of amidine groups is 1. The van der Waals surface area contributed by atoms with Crippen LogP contribution in [0.3, 0.4) is 0 Å². The summed E-state index contributed by atoms with van der Waals surface area (Å²) in [5, 5.41) is 3.49. The second-order valence-electron chi connectivity index (χ2n) is 7.24. The van der Waals surface area contributed by atoms with Crippen molar-refractivity contribution in [2.24, 2.45) is 0 Å². The molecule has 1 N–H and O–H groups in total. The van der Waals surface area contributed by atoms with Crippen LogP contribution < -0.4 is 5.32 Å². The van der Waals surface area contributed by atoms with E-state index in [2.05, 4.69) is 109 Å². The minimum atomic E-state index is 0.866. The summed E-state index contributed by atoms with van der Waals surface area (Å²) >= 11 is 0. The van der Waals surface area contributed by atoms with E-state index < -0.39 is 0 Å². The maximum atomic E-state index is 3.49. The van der Waals surface area contributed by atoms with E-state index in [1.54, 1.807) is 0 Å². The van der Waals surface area contributed by atoms with Gasteiger partial charge in [-0.25, -0.2) is 0 Å². The summed E-state index contributed by atoms with van der Waals surface area (Å²) in [5.74, 6) is 1.19. The highest BCUT2D eigenvalue weighted by molar-refractivity contribution is 5.93. The minimum absolute atomic E-state index is 0.866. The van der Waals surface area contributed by atoms with Crippen LogP contribution >= 0.6 is 0 Å². The Morgan fingerprint density at radius 2 is 1.39 bits per heavy atom. The molecule has 28 heavy (non-hydrogen) atoms. The fraction of sp³-hybridized carbons (Fsp3) is 0.154. The third kappa shape index (κ3) is 3.34. The van der Waals surface area contributed by atoms with Gasteiger partial charge in [-0.05, 0) is 30.5 Å². The van der Waals surface area contributed by atoms with Gasteiger partial charge < -0.3 is 5.32 Å². The van der Waals surface area contributed by atoms with Gasteiger partial charge in [0.05, 0.1) is 18.8 Å². The van der Waals surface area contributed by atoms with Crippen LogP contribution in [0.15, 0.2) is 84.9 Å². The zero-order chi connectivity index (χ0) is 19.5. The van der Waals surface area contributed by atoms with Crippen molar-refractivity contribution in [2.45, 2.75) is 20.3 Å². The third-order valence-corrected chi connectivity index (χ3v) is 5.35. The Morgan fingerprint density at radius 1 is 0.786 bits per heavy atom. The Morgan fingerprint density at radius 3 is 2.00 bits per heavy atom. The predicted molar refractivity (Wildman–Crippen MR) is 118 cm³/mol. The van der Waals surface area contributed by atoms with Crippen molar-refractivity contribution in [3.8, 4) is 0 Å². The molecule has 0 spiro atoms. The lowest BCUT2D eigenvalue weighted by atomic mass is 9.92. The molecule has 0 bridgehead atoms. The highest BCUT2D eigenvalue weighted by Gasteiger charge is 2.26. The summed E-state index contributed by atoms with van der Waals surface area (Å²) in [7, 11) is 2.02. The predicted octanol–water partition coefficient (Wildman–Crippen LogP) is 5.63. The summed E-state index contributed by atoms with van der Waals surface area (Å²) in [6, 6.07) is 29.0. The molecule has 1 aliphatic heterocycles. The van der Waals surface area contributed by atoms with Gasteiger partial charge >= 0.3 is 0 Å². The lowest BCUT2D eigenvalue weighted by Gasteiger charge is -2.32. The lowest BCUT2D eigenvalue weighted by Crippen LogP contribution is -2.35. The molecular weight excluding hydrogens is 340 g/mol. The van der Waals surface area contributed by atoms with E-state index >= 15 is 0 Å². The molecule has 1 heterocycles. The van der Waals surface area contributed by atoms with Crippen molar-refractivity contribution >= 4 is 17.1 Å². The van der Waals surface area contributed by atoms with Crippen LogP contribution in [-0.4, -0.2) is 17.5 Å². The molecule has 2 heteroatoms. The summed E-state index contributed by atoms with van der Waals surface area (Å²) in [6.45, 7) is 4.38. The molecule has 0 saturated heterocycles. The standard InChI is InChI=1S/C26H26N2/c1-19-11-10-12-20(2)26(19)28-24(22-15-8-5-9-16-22)17-23(18-25(28)27-3)21-13-6-4-7-14-21/h4-17,27H,18H2,1-3H3. The van der Waals surface area contributed by atoms with Crippen LogP contribution in [0.25, 0.3) is 5.57 Å². The molecule has 0 saturated carbocycles. The summed E-state index contributed by atoms with van der Waals surface area (Å²) in [6.07, 6.45) is 3.21. The number of nitrogens with one attached hydrogen (secondary N) is 1. The van der Waals surface area contributed by atoms with Gasteiger partial charge in [0.25, 0.3) is 0 Å². The maximum Gasteiger partial charge on any atom is 0.201 e. The molecule has 2 nitrogen and oxygen atoms in total. The molecule has 0 radical (unpaired) electrons. The van der Waals surface area contributed by atoms with Crippen molar-refractivity contribution in [3.63, 3.8) is 0 Å². The van der Waals surface area contributed by atoms with Crippen LogP contribution in [0.5, 0.6) is 0 Å². The molecule has 3 aromatic rings. The second kappa shape index (κ2) is 7.77. The number of aryl methyl sites for hydroxylation is 2. The number of hydrogen-bond acceptors (Lipinski definition) is 1. The van der Waals surface area contributed by atoms with Crippen LogP contribution in [0, 0.1) is 19.9 Å². The average Bonchev–Trinajstić information content (AvgIpc) is 2.74. The second-order valence-corrected chi connectivity index (χ2v) is 7.24. The minimum Gasteiger partial charge on any atom is -0.307 e. The molecule has 0 unspecified atom stereocenters. The first kappa shape index (κ1) is 18.1. The average molecular weight is 367 g/mol. The first-order chi connectivity index (χ1) is 13.7. The van der Waals surface area contributed by atoms with E-state index in [1.165, 1.54) is 45.4 Å². The number of para-hydroxylation sites is 1. The van der Waals surface area contributed by atoms with Gasteiger partial charge in [-0.1, -0.05) is 83.9 Å². The quantitative estimate of drug-likeness (QED) is 0.469. The Bertz CT molecular complexity index is 1010. The summed E-state index contributed by atoms with van der Waals surface area (Å²) in [4.78, 5) is 0. The van der Waals surface area contributed by atoms with E-state index in [0.29, 0.717) is 0 Å². The van der Waals surface area contributed by atoms with Gasteiger partial charge in [0, 0.05) is 6.42 Å². The van der Waals surface area contributed by atoms with E-state index in [0.717, 1.165) is 6.42 Å². The van der Waals surface area contributed by atoms with Crippen molar-refractivity contribution in [2.75, 3.05) is 7.05 Å². The molecule has 140 valence electrons. The van der Waals surface area contributed by atoms with Crippen molar-refractivity contribution in [1.29, 1.82) is 0 Å². The van der Waals surface area contributed by atoms with E-state index in [9.17, 15) is 0 Å². The smallest absolute Gasteiger partial charge is 0.201 e. The fourth-order valence-corrected chi connectivity index (χ4v) is 3.96. The van der Waals surface area contributed by atoms with Gasteiger partial charge in [-0.15, -0.1) is 12.1 Å². The van der Waals surface area contributed by atoms with E-state index in [-0.39, 0.29) is 0 Å². The highest BCUT2D eigenvalue weighted by Crippen LogP contribution is 2.37. The Hall–Kier alpha value is -3.26. The molecule has 0 amide bonds. The SMILES string of the molecule is CNC1=[N+](c2c(C)cccc2C)[C-](c2ccccc2)C=C(c2ccccc2)C1. The van der Waals surface area contributed by atoms with Crippen LogP contribution in [-0.2, 0) is 0 Å². The van der Waals surface area contributed by atoms with Gasteiger partial charge in [-0.3, -0.25) is 4.58 Å².